The summed E-state index contributed by atoms with van der Waals surface area (Å²) in [5, 5.41) is 7.14. The first-order valence-corrected chi connectivity index (χ1v) is 14.0. The number of hydrogen-bond donors (Lipinski definition) is 1. The van der Waals surface area contributed by atoms with E-state index in [0.717, 1.165) is 37.8 Å². The van der Waals surface area contributed by atoms with Gasteiger partial charge in [0.1, 0.15) is 11.9 Å². The van der Waals surface area contributed by atoms with Crippen LogP contribution in [0.1, 0.15) is 48.0 Å². The Kier molecular flexibility index (Phi) is 7.85. The van der Waals surface area contributed by atoms with E-state index in [0.29, 0.717) is 61.4 Å². The number of nitrogens with zero attached hydrogens (tertiary/aromatic N) is 3. The van der Waals surface area contributed by atoms with Crippen molar-refractivity contribution in [2.75, 3.05) is 31.3 Å². The maximum atomic E-state index is 14.9. The zero-order chi connectivity index (χ0) is 28.5. The van der Waals surface area contributed by atoms with Crippen molar-refractivity contribution >= 4 is 23.2 Å². The molecule has 4 aliphatic rings. The van der Waals surface area contributed by atoms with Crippen LogP contribution in [0.4, 0.5) is 14.5 Å². The average molecular weight is 571 g/mol. The monoisotopic (exact) mass is 570 g/mol. The van der Waals surface area contributed by atoms with Gasteiger partial charge in [-0.05, 0) is 68.0 Å². The molecule has 218 valence electrons. The standard InChI is InChI=1S/C29H32F2N4O6/c1-16-14-18(4-6-22(16)40-19-8-11-38-12-9-19)35(28(37)21-5-7-23(30)33-26(21)31)25(27(36)32-15-17-2-3-17)24-20-10-13-39-29(20)41-34-24/h4-7,14,17,19-20,25,29H,2-3,8-13,15H2,1H3,(H,32,36)/t20-,25?,29+/m1/s1. The van der Waals surface area contributed by atoms with Crippen LogP contribution in [-0.4, -0.2) is 67.3 Å². The molecule has 1 aromatic carbocycles. The van der Waals surface area contributed by atoms with Crippen molar-refractivity contribution < 1.29 is 37.4 Å². The Hall–Kier alpha value is -3.64. The van der Waals surface area contributed by atoms with Gasteiger partial charge >= 0.3 is 0 Å². The quantitative estimate of drug-likeness (QED) is 0.460. The lowest BCUT2D eigenvalue weighted by Crippen LogP contribution is -2.56. The fourth-order valence-electron chi connectivity index (χ4n) is 5.41. The summed E-state index contributed by atoms with van der Waals surface area (Å²) in [6.45, 7) is 3.93. The van der Waals surface area contributed by atoms with E-state index in [9.17, 15) is 18.4 Å². The Labute approximate surface area is 236 Å². The third-order valence-corrected chi connectivity index (χ3v) is 7.89. The largest absolute Gasteiger partial charge is 0.490 e. The number of halogens is 2. The first kappa shape index (κ1) is 27.5. The van der Waals surface area contributed by atoms with Gasteiger partial charge in [0.2, 0.25) is 24.1 Å². The predicted octanol–water partition coefficient (Wildman–Crippen LogP) is 3.52. The van der Waals surface area contributed by atoms with Gasteiger partial charge in [0.15, 0.2) is 6.04 Å². The van der Waals surface area contributed by atoms with Gasteiger partial charge in [0.25, 0.3) is 5.91 Å². The molecule has 3 aliphatic heterocycles. The fraction of sp³-hybridized carbons (Fsp3) is 0.517. The van der Waals surface area contributed by atoms with E-state index in [1.807, 2.05) is 6.92 Å². The average Bonchev–Trinajstić information content (AvgIpc) is 3.53. The Balaban J connectivity index is 1.40. The van der Waals surface area contributed by atoms with Gasteiger partial charge in [-0.1, -0.05) is 5.16 Å². The topological polar surface area (TPSA) is 112 Å². The summed E-state index contributed by atoms with van der Waals surface area (Å²) in [5.74, 6) is -3.05. The molecule has 10 nitrogen and oxygen atoms in total. The van der Waals surface area contributed by atoms with E-state index < -0.39 is 41.6 Å². The van der Waals surface area contributed by atoms with Gasteiger partial charge in [-0.2, -0.15) is 13.8 Å². The molecule has 1 saturated carbocycles. The maximum absolute atomic E-state index is 14.9. The first-order valence-electron chi connectivity index (χ1n) is 14.0. The molecule has 3 atom stereocenters. The highest BCUT2D eigenvalue weighted by Gasteiger charge is 2.48. The van der Waals surface area contributed by atoms with E-state index in [4.69, 9.17) is 19.0 Å². The van der Waals surface area contributed by atoms with Gasteiger partial charge in [-0.15, -0.1) is 0 Å². The number of pyridine rings is 1. The minimum atomic E-state index is -1.28. The van der Waals surface area contributed by atoms with Crippen LogP contribution in [0.5, 0.6) is 5.75 Å². The number of carbonyl (C=O) groups is 2. The van der Waals surface area contributed by atoms with Crippen LogP contribution in [0, 0.1) is 30.7 Å². The van der Waals surface area contributed by atoms with E-state index >= 15 is 0 Å². The second-order valence-electron chi connectivity index (χ2n) is 10.9. The second-order valence-corrected chi connectivity index (χ2v) is 10.9. The summed E-state index contributed by atoms with van der Waals surface area (Å²) in [5.41, 5.74) is 0.857. The zero-order valence-corrected chi connectivity index (χ0v) is 22.7. The van der Waals surface area contributed by atoms with Crippen molar-refractivity contribution in [3.05, 3.63) is 53.4 Å². The summed E-state index contributed by atoms with van der Waals surface area (Å²) >= 11 is 0. The molecule has 1 aromatic heterocycles. The van der Waals surface area contributed by atoms with Gasteiger partial charge < -0.3 is 24.4 Å². The van der Waals surface area contributed by atoms with Crippen LogP contribution >= 0.6 is 0 Å². The van der Waals surface area contributed by atoms with Crippen molar-refractivity contribution in [2.24, 2.45) is 17.0 Å². The Morgan fingerprint density at radius 2 is 1.90 bits per heavy atom. The number of rotatable bonds is 9. The molecule has 4 heterocycles. The molecule has 0 spiro atoms. The summed E-state index contributed by atoms with van der Waals surface area (Å²) in [6, 6.07) is 5.74. The molecule has 2 aromatic rings. The lowest BCUT2D eigenvalue weighted by molar-refractivity contribution is -0.121. The molecule has 1 aliphatic carbocycles. The predicted molar refractivity (Wildman–Crippen MR) is 142 cm³/mol. The van der Waals surface area contributed by atoms with Crippen molar-refractivity contribution in [3.8, 4) is 5.75 Å². The number of anilines is 1. The van der Waals surface area contributed by atoms with Crippen LogP contribution < -0.4 is 15.0 Å². The van der Waals surface area contributed by atoms with Crippen LogP contribution in [0.3, 0.4) is 0 Å². The van der Waals surface area contributed by atoms with Crippen molar-refractivity contribution in [3.63, 3.8) is 0 Å². The molecule has 6 rings (SSSR count). The molecule has 0 radical (unpaired) electrons. The Morgan fingerprint density at radius 3 is 2.63 bits per heavy atom. The van der Waals surface area contributed by atoms with Gasteiger partial charge in [0.05, 0.1) is 37.0 Å². The number of aromatic nitrogens is 1. The molecular weight excluding hydrogens is 538 g/mol. The number of ether oxygens (including phenoxy) is 3. The molecule has 2 amide bonds. The van der Waals surface area contributed by atoms with Crippen molar-refractivity contribution in [1.29, 1.82) is 0 Å². The van der Waals surface area contributed by atoms with Gasteiger partial charge in [-0.3, -0.25) is 14.5 Å². The number of nitrogens with one attached hydrogen (secondary N) is 1. The molecule has 1 unspecified atom stereocenters. The lowest BCUT2D eigenvalue weighted by Gasteiger charge is -2.32. The summed E-state index contributed by atoms with van der Waals surface area (Å²) < 4.78 is 45.8. The normalized spacial score (nSPS) is 22.9. The molecule has 3 fully saturated rings. The minimum absolute atomic E-state index is 0.00401. The van der Waals surface area contributed by atoms with Crippen LogP contribution in [-0.2, 0) is 19.1 Å². The fourth-order valence-corrected chi connectivity index (χ4v) is 5.41. The summed E-state index contributed by atoms with van der Waals surface area (Å²) in [6.07, 6.45) is 3.42. The highest BCUT2D eigenvalue weighted by molar-refractivity contribution is 6.20. The molecule has 12 heteroatoms. The van der Waals surface area contributed by atoms with Crippen LogP contribution in [0.15, 0.2) is 35.5 Å². The molecule has 41 heavy (non-hydrogen) atoms. The van der Waals surface area contributed by atoms with E-state index in [1.54, 1.807) is 18.2 Å². The Bertz CT molecular complexity index is 1350. The minimum Gasteiger partial charge on any atom is -0.490 e. The van der Waals surface area contributed by atoms with Crippen molar-refractivity contribution in [2.45, 2.75) is 57.5 Å². The summed E-state index contributed by atoms with van der Waals surface area (Å²) in [7, 11) is 0. The maximum Gasteiger partial charge on any atom is 0.263 e. The van der Waals surface area contributed by atoms with Gasteiger partial charge in [0, 0.05) is 25.1 Å². The number of aryl methyl sites for hydroxylation is 1. The van der Waals surface area contributed by atoms with E-state index in [1.165, 1.54) is 4.90 Å². The smallest absolute Gasteiger partial charge is 0.263 e. The first-order chi connectivity index (χ1) is 19.9. The van der Waals surface area contributed by atoms with Gasteiger partial charge in [-0.25, -0.2) is 0 Å². The van der Waals surface area contributed by atoms with E-state index in [-0.39, 0.29) is 12.0 Å². The molecule has 2 saturated heterocycles. The Morgan fingerprint density at radius 1 is 1.10 bits per heavy atom. The highest BCUT2D eigenvalue weighted by atomic mass is 19.1. The number of fused-ring (bicyclic) bond motifs is 1. The number of benzene rings is 1. The lowest BCUT2D eigenvalue weighted by atomic mass is 9.93. The SMILES string of the molecule is Cc1cc(N(C(=O)c2ccc(F)nc2F)C(C(=O)NCC2CC2)C2=NO[C@@H]3OCC[C@H]23)ccc1OC1CCOCC1. The number of carbonyl (C=O) groups excluding carboxylic acids is 2. The van der Waals surface area contributed by atoms with Crippen LogP contribution in [0.25, 0.3) is 0 Å². The number of oxime groups is 1. The zero-order valence-electron chi connectivity index (χ0n) is 22.7. The molecular formula is C29H32F2N4O6. The molecule has 1 N–H and O–H groups in total. The third-order valence-electron chi connectivity index (χ3n) is 7.89. The highest BCUT2D eigenvalue weighted by Crippen LogP contribution is 2.35. The third kappa shape index (κ3) is 5.89. The second kappa shape index (κ2) is 11.7. The van der Waals surface area contributed by atoms with E-state index in [2.05, 4.69) is 15.5 Å². The summed E-state index contributed by atoms with van der Waals surface area (Å²) in [4.78, 5) is 37.8. The van der Waals surface area contributed by atoms with Crippen molar-refractivity contribution in [1.82, 2.24) is 10.3 Å². The van der Waals surface area contributed by atoms with Crippen LogP contribution in [0.2, 0.25) is 0 Å². The number of hydrogen-bond acceptors (Lipinski definition) is 8. The molecule has 0 bridgehead atoms. The number of amides is 2.